The van der Waals surface area contributed by atoms with Crippen LogP contribution >= 0.6 is 0 Å². The third-order valence-electron chi connectivity index (χ3n) is 4.02. The Labute approximate surface area is 126 Å². The van der Waals surface area contributed by atoms with Crippen molar-refractivity contribution in [3.8, 4) is 0 Å². The molecule has 2 nitrogen and oxygen atoms in total. The lowest BCUT2D eigenvalue weighted by Gasteiger charge is -2.46. The fraction of sp³-hybridized carbons (Fsp3) is 0.647. The van der Waals surface area contributed by atoms with Crippen molar-refractivity contribution in [2.24, 2.45) is 0 Å². The quantitative estimate of drug-likeness (QED) is 0.877. The topological polar surface area (TPSA) is 24.1 Å². The van der Waals surface area contributed by atoms with Crippen molar-refractivity contribution in [3.05, 3.63) is 35.4 Å². The number of halogens is 2. The lowest BCUT2D eigenvalue weighted by molar-refractivity contribution is 0.145. The summed E-state index contributed by atoms with van der Waals surface area (Å²) in [5.74, 6) is 0. The van der Waals surface area contributed by atoms with Crippen molar-refractivity contribution in [2.45, 2.75) is 70.6 Å². The van der Waals surface area contributed by atoms with Crippen LogP contribution in [0.1, 0.15) is 58.1 Å². The van der Waals surface area contributed by atoms with Crippen LogP contribution < -0.4 is 10.6 Å². The van der Waals surface area contributed by atoms with E-state index in [1.54, 1.807) is 12.1 Å². The Morgan fingerprint density at radius 3 is 2.10 bits per heavy atom. The Kier molecular flexibility index (Phi) is 4.69. The van der Waals surface area contributed by atoms with E-state index in [0.717, 1.165) is 24.9 Å². The standard InChI is InChI=1S/C17H26F2N2/c1-16(2)9-14(10-17(3,4)21-16)20-11-12-5-7-13(8-6-12)15(18)19/h5-8,14-15,20-21H,9-11H2,1-4H3. The zero-order valence-electron chi connectivity index (χ0n) is 13.3. The minimum Gasteiger partial charge on any atom is -0.310 e. The molecule has 0 atom stereocenters. The van der Waals surface area contributed by atoms with E-state index in [-0.39, 0.29) is 16.6 Å². The van der Waals surface area contributed by atoms with Gasteiger partial charge in [-0.05, 0) is 46.1 Å². The number of benzene rings is 1. The third kappa shape index (κ3) is 4.75. The molecule has 0 spiro atoms. The molecule has 1 aliphatic heterocycles. The van der Waals surface area contributed by atoms with Crippen molar-refractivity contribution in [2.75, 3.05) is 0 Å². The number of hydrogen-bond acceptors (Lipinski definition) is 2. The van der Waals surface area contributed by atoms with Gasteiger partial charge in [0.25, 0.3) is 6.43 Å². The molecule has 4 heteroatoms. The van der Waals surface area contributed by atoms with Crippen LogP contribution in [-0.4, -0.2) is 17.1 Å². The molecule has 21 heavy (non-hydrogen) atoms. The van der Waals surface area contributed by atoms with Gasteiger partial charge in [-0.3, -0.25) is 0 Å². The van der Waals surface area contributed by atoms with Crippen molar-refractivity contribution < 1.29 is 8.78 Å². The molecule has 1 aliphatic rings. The van der Waals surface area contributed by atoms with Crippen LogP contribution in [0.15, 0.2) is 24.3 Å². The highest BCUT2D eigenvalue weighted by Crippen LogP contribution is 2.28. The minimum absolute atomic E-state index is 0.0860. The summed E-state index contributed by atoms with van der Waals surface area (Å²) in [6, 6.07) is 7.03. The maximum absolute atomic E-state index is 12.5. The Morgan fingerprint density at radius 2 is 1.62 bits per heavy atom. The van der Waals surface area contributed by atoms with Crippen LogP contribution in [0, 0.1) is 0 Å². The molecule has 0 unspecified atom stereocenters. The molecule has 2 rings (SSSR count). The van der Waals surface area contributed by atoms with Crippen molar-refractivity contribution in [3.63, 3.8) is 0 Å². The van der Waals surface area contributed by atoms with Crippen LogP contribution in [0.2, 0.25) is 0 Å². The average molecular weight is 296 g/mol. The minimum atomic E-state index is -2.39. The highest BCUT2D eigenvalue weighted by Gasteiger charge is 2.37. The molecule has 0 amide bonds. The summed E-state index contributed by atoms with van der Waals surface area (Å²) in [6.45, 7) is 9.61. The first kappa shape index (κ1) is 16.4. The van der Waals surface area contributed by atoms with E-state index in [0.29, 0.717) is 6.04 Å². The molecule has 0 aliphatic carbocycles. The van der Waals surface area contributed by atoms with Crippen LogP contribution in [-0.2, 0) is 6.54 Å². The predicted octanol–water partition coefficient (Wildman–Crippen LogP) is 4.02. The maximum atomic E-state index is 12.5. The van der Waals surface area contributed by atoms with Crippen LogP contribution in [0.25, 0.3) is 0 Å². The van der Waals surface area contributed by atoms with Crippen LogP contribution in [0.4, 0.5) is 8.78 Å². The van der Waals surface area contributed by atoms with E-state index < -0.39 is 6.43 Å². The van der Waals surface area contributed by atoms with E-state index in [1.165, 1.54) is 12.1 Å². The second-order valence-electron chi connectivity index (χ2n) is 7.42. The highest BCUT2D eigenvalue weighted by atomic mass is 19.3. The predicted molar refractivity (Wildman–Crippen MR) is 82.6 cm³/mol. The molecular formula is C17H26F2N2. The Bertz CT molecular complexity index is 450. The van der Waals surface area contributed by atoms with E-state index in [4.69, 9.17) is 0 Å². The molecule has 2 N–H and O–H groups in total. The molecule has 1 fully saturated rings. The van der Waals surface area contributed by atoms with Gasteiger partial charge in [0.15, 0.2) is 0 Å². The zero-order valence-corrected chi connectivity index (χ0v) is 13.3. The zero-order chi connectivity index (χ0) is 15.7. The molecule has 0 aromatic heterocycles. The number of rotatable bonds is 4. The molecule has 1 heterocycles. The van der Waals surface area contributed by atoms with Gasteiger partial charge in [0.05, 0.1) is 0 Å². The molecule has 1 saturated heterocycles. The summed E-state index contributed by atoms with van der Waals surface area (Å²) >= 11 is 0. The first-order chi connectivity index (χ1) is 9.67. The first-order valence-electron chi connectivity index (χ1n) is 7.57. The molecule has 1 aromatic carbocycles. The van der Waals surface area contributed by atoms with Crippen molar-refractivity contribution >= 4 is 0 Å². The molecular weight excluding hydrogens is 270 g/mol. The lowest BCUT2D eigenvalue weighted by atomic mass is 9.79. The summed E-state index contributed by atoms with van der Waals surface area (Å²) in [6.07, 6.45) is -0.269. The van der Waals surface area contributed by atoms with Gasteiger partial charge in [0.2, 0.25) is 0 Å². The number of hydrogen-bond donors (Lipinski definition) is 2. The van der Waals surface area contributed by atoms with Gasteiger partial charge >= 0.3 is 0 Å². The van der Waals surface area contributed by atoms with Gasteiger partial charge in [-0.1, -0.05) is 24.3 Å². The largest absolute Gasteiger partial charge is 0.310 e. The van der Waals surface area contributed by atoms with Crippen LogP contribution in [0.3, 0.4) is 0 Å². The number of piperidine rings is 1. The van der Waals surface area contributed by atoms with Gasteiger partial charge in [-0.25, -0.2) is 8.78 Å². The highest BCUT2D eigenvalue weighted by molar-refractivity contribution is 5.23. The smallest absolute Gasteiger partial charge is 0.263 e. The fourth-order valence-corrected chi connectivity index (χ4v) is 3.51. The first-order valence-corrected chi connectivity index (χ1v) is 7.57. The fourth-order valence-electron chi connectivity index (χ4n) is 3.51. The SMILES string of the molecule is CC1(C)CC(NCc2ccc(C(F)F)cc2)CC(C)(C)N1. The number of alkyl halides is 2. The Balaban J connectivity index is 1.93. The summed E-state index contributed by atoms with van der Waals surface area (Å²) < 4.78 is 25.0. The van der Waals surface area contributed by atoms with Gasteiger partial charge in [0.1, 0.15) is 0 Å². The monoisotopic (exact) mass is 296 g/mol. The molecule has 1 aromatic rings. The van der Waals surface area contributed by atoms with E-state index in [9.17, 15) is 8.78 Å². The van der Waals surface area contributed by atoms with E-state index in [2.05, 4.69) is 38.3 Å². The van der Waals surface area contributed by atoms with Crippen molar-refractivity contribution in [1.82, 2.24) is 10.6 Å². The van der Waals surface area contributed by atoms with Crippen LogP contribution in [0.5, 0.6) is 0 Å². The second kappa shape index (κ2) is 6.01. The summed E-state index contributed by atoms with van der Waals surface area (Å²) in [5, 5.41) is 7.23. The van der Waals surface area contributed by atoms with Gasteiger partial charge in [-0.15, -0.1) is 0 Å². The van der Waals surface area contributed by atoms with E-state index in [1.807, 2.05) is 0 Å². The maximum Gasteiger partial charge on any atom is 0.263 e. The molecule has 0 radical (unpaired) electrons. The van der Waals surface area contributed by atoms with Gasteiger partial charge in [0, 0.05) is 29.2 Å². The third-order valence-corrected chi connectivity index (χ3v) is 4.02. The average Bonchev–Trinajstić information content (AvgIpc) is 2.33. The summed E-state index contributed by atoms with van der Waals surface area (Å²) in [4.78, 5) is 0. The van der Waals surface area contributed by atoms with Gasteiger partial charge < -0.3 is 10.6 Å². The van der Waals surface area contributed by atoms with Crippen molar-refractivity contribution in [1.29, 1.82) is 0 Å². The van der Waals surface area contributed by atoms with E-state index >= 15 is 0 Å². The number of nitrogens with one attached hydrogen (secondary N) is 2. The summed E-state index contributed by atoms with van der Waals surface area (Å²) in [7, 11) is 0. The normalized spacial score (nSPS) is 21.7. The molecule has 0 saturated carbocycles. The second-order valence-corrected chi connectivity index (χ2v) is 7.42. The van der Waals surface area contributed by atoms with Gasteiger partial charge in [-0.2, -0.15) is 0 Å². The Hall–Kier alpha value is -1.00. The molecule has 0 bridgehead atoms. The lowest BCUT2D eigenvalue weighted by Crippen LogP contribution is -2.61. The molecule has 118 valence electrons. The Morgan fingerprint density at radius 1 is 1.10 bits per heavy atom. The summed E-state index contributed by atoms with van der Waals surface area (Å²) in [5.41, 5.74) is 1.36.